The molecule has 1 aliphatic carbocycles. The molecule has 172 valence electrons. The quantitative estimate of drug-likeness (QED) is 0.490. The highest BCUT2D eigenvalue weighted by molar-refractivity contribution is 6.11. The molecule has 1 saturated heterocycles. The monoisotopic (exact) mass is 458 g/mol. The van der Waals surface area contributed by atoms with Crippen LogP contribution in [0.1, 0.15) is 33.7 Å². The molecule has 2 heterocycles. The van der Waals surface area contributed by atoms with Crippen LogP contribution in [0.4, 0.5) is 10.5 Å². The van der Waals surface area contributed by atoms with E-state index < -0.39 is 35.8 Å². The van der Waals surface area contributed by atoms with Crippen LogP contribution in [0, 0.1) is 0 Å². The number of nitrogens with one attached hydrogen (secondary N) is 3. The third-order valence-electron chi connectivity index (χ3n) is 6.17. The summed E-state index contributed by atoms with van der Waals surface area (Å²) in [6, 6.07) is 16.9. The highest BCUT2D eigenvalue weighted by atomic mass is 16.3. The van der Waals surface area contributed by atoms with Gasteiger partial charge in [-0.1, -0.05) is 36.4 Å². The first-order valence-electron chi connectivity index (χ1n) is 10.9. The van der Waals surface area contributed by atoms with E-state index in [1.54, 1.807) is 36.4 Å². The van der Waals surface area contributed by atoms with Gasteiger partial charge in [-0.2, -0.15) is 0 Å². The predicted molar refractivity (Wildman–Crippen MR) is 122 cm³/mol. The molecule has 2 aliphatic rings. The molecule has 34 heavy (non-hydrogen) atoms. The molecule has 5 rings (SSSR count). The molecule has 9 nitrogen and oxygen atoms in total. The maximum Gasteiger partial charge on any atom is 0.325 e. The van der Waals surface area contributed by atoms with Crippen molar-refractivity contribution in [3.05, 3.63) is 89.4 Å². The topological polar surface area (TPSA) is 121 Å². The molecule has 0 bridgehead atoms. The minimum atomic E-state index is -1.13. The highest BCUT2D eigenvalue weighted by Gasteiger charge is 2.55. The summed E-state index contributed by atoms with van der Waals surface area (Å²) in [6.45, 7) is -0.267. The molecule has 1 atom stereocenters. The number of anilines is 1. The van der Waals surface area contributed by atoms with E-state index in [0.29, 0.717) is 18.6 Å². The van der Waals surface area contributed by atoms with Crippen molar-refractivity contribution in [2.75, 3.05) is 11.9 Å². The van der Waals surface area contributed by atoms with E-state index in [-0.39, 0.29) is 17.8 Å². The van der Waals surface area contributed by atoms with Gasteiger partial charge in [0.25, 0.3) is 11.8 Å². The van der Waals surface area contributed by atoms with Crippen LogP contribution in [-0.2, 0) is 28.1 Å². The van der Waals surface area contributed by atoms with Crippen LogP contribution in [0.5, 0.6) is 0 Å². The first-order valence-corrected chi connectivity index (χ1v) is 10.9. The van der Waals surface area contributed by atoms with E-state index in [9.17, 15) is 19.2 Å². The number of aryl methyl sites for hydroxylation is 1. The number of furan rings is 1. The molecule has 3 aromatic rings. The lowest BCUT2D eigenvalue weighted by Crippen LogP contribution is -2.43. The van der Waals surface area contributed by atoms with Gasteiger partial charge < -0.3 is 20.4 Å². The van der Waals surface area contributed by atoms with Gasteiger partial charge in [-0.25, -0.2) is 4.79 Å². The number of hydrogen-bond donors (Lipinski definition) is 3. The summed E-state index contributed by atoms with van der Waals surface area (Å²) in [7, 11) is 0. The Balaban J connectivity index is 1.28. The summed E-state index contributed by atoms with van der Waals surface area (Å²) in [5, 5.41) is 8.18. The summed E-state index contributed by atoms with van der Waals surface area (Å²) in [5.41, 5.74) is 1.18. The lowest BCUT2D eigenvalue weighted by atomic mass is 9.92. The largest absolute Gasteiger partial charge is 0.467 e. The molecule has 9 heteroatoms. The van der Waals surface area contributed by atoms with Gasteiger partial charge in [-0.05, 0) is 48.2 Å². The van der Waals surface area contributed by atoms with Crippen LogP contribution in [0.3, 0.4) is 0 Å². The molecular weight excluding hydrogens is 436 g/mol. The van der Waals surface area contributed by atoms with E-state index in [1.165, 1.54) is 6.26 Å². The Kier molecular flexibility index (Phi) is 5.37. The number of urea groups is 1. The van der Waals surface area contributed by atoms with Crippen LogP contribution in [0.25, 0.3) is 0 Å². The van der Waals surface area contributed by atoms with Crippen LogP contribution >= 0.6 is 0 Å². The Hall–Kier alpha value is -4.40. The van der Waals surface area contributed by atoms with Crippen LogP contribution in [0.2, 0.25) is 0 Å². The fraction of sp³-hybridized carbons (Fsp3) is 0.200. The smallest absolute Gasteiger partial charge is 0.325 e. The second-order valence-electron chi connectivity index (χ2n) is 8.24. The van der Waals surface area contributed by atoms with Crippen LogP contribution in [0.15, 0.2) is 71.3 Å². The van der Waals surface area contributed by atoms with Crippen LogP contribution < -0.4 is 16.0 Å². The number of rotatable bonds is 6. The third-order valence-corrected chi connectivity index (χ3v) is 6.17. The summed E-state index contributed by atoms with van der Waals surface area (Å²) >= 11 is 0. The minimum absolute atomic E-state index is 0.195. The lowest BCUT2D eigenvalue weighted by Gasteiger charge is -2.22. The molecule has 1 spiro atoms. The van der Waals surface area contributed by atoms with E-state index in [4.69, 9.17) is 4.42 Å². The van der Waals surface area contributed by atoms with Crippen molar-refractivity contribution >= 4 is 29.4 Å². The van der Waals surface area contributed by atoms with Gasteiger partial charge in [0.05, 0.1) is 24.1 Å². The summed E-state index contributed by atoms with van der Waals surface area (Å²) in [4.78, 5) is 52.3. The van der Waals surface area contributed by atoms with E-state index in [2.05, 4.69) is 16.0 Å². The molecule has 2 aromatic carbocycles. The average molecular weight is 458 g/mol. The number of benzene rings is 2. The number of carbonyl (C=O) groups is 4. The van der Waals surface area contributed by atoms with Crippen molar-refractivity contribution in [2.45, 2.75) is 24.9 Å². The molecule has 5 amide bonds. The average Bonchev–Trinajstić information content (AvgIpc) is 3.55. The van der Waals surface area contributed by atoms with Crippen molar-refractivity contribution < 1.29 is 23.6 Å². The molecule has 3 N–H and O–H groups in total. The summed E-state index contributed by atoms with van der Waals surface area (Å²) in [6.07, 6.45) is 2.64. The lowest BCUT2D eigenvalue weighted by molar-refractivity contribution is -0.134. The van der Waals surface area contributed by atoms with Crippen molar-refractivity contribution in [2.24, 2.45) is 0 Å². The minimum Gasteiger partial charge on any atom is -0.467 e. The fourth-order valence-electron chi connectivity index (χ4n) is 4.53. The highest BCUT2D eigenvalue weighted by Crippen LogP contribution is 2.41. The summed E-state index contributed by atoms with van der Waals surface area (Å²) in [5.74, 6) is -0.833. The van der Waals surface area contributed by atoms with Gasteiger partial charge in [0.1, 0.15) is 17.8 Å². The molecule has 1 fully saturated rings. The first kappa shape index (κ1) is 21.4. The van der Waals surface area contributed by atoms with E-state index >= 15 is 0 Å². The number of fused-ring (bicyclic) bond motifs is 2. The van der Waals surface area contributed by atoms with Gasteiger partial charge in [0.15, 0.2) is 0 Å². The van der Waals surface area contributed by atoms with Gasteiger partial charge in [-0.15, -0.1) is 0 Å². The number of hydrogen-bond acceptors (Lipinski definition) is 5. The first-order chi connectivity index (χ1) is 16.5. The van der Waals surface area contributed by atoms with Crippen molar-refractivity contribution in [1.82, 2.24) is 15.5 Å². The summed E-state index contributed by atoms with van der Waals surface area (Å²) < 4.78 is 5.21. The Labute approximate surface area is 195 Å². The zero-order valence-corrected chi connectivity index (χ0v) is 18.2. The number of imide groups is 1. The number of para-hydroxylation sites is 1. The van der Waals surface area contributed by atoms with Gasteiger partial charge >= 0.3 is 6.03 Å². The maximum absolute atomic E-state index is 13.3. The number of amides is 5. The SMILES string of the molecule is O=C(CN1C(=O)N[C@@]2(CCc3ccccc32)C1=O)Nc1ccccc1C(=O)NCc1ccco1. The molecule has 0 radical (unpaired) electrons. The normalized spacial score (nSPS) is 18.6. The molecule has 1 aromatic heterocycles. The Morgan fingerprint density at radius 3 is 2.65 bits per heavy atom. The molecule has 0 saturated carbocycles. The number of carbonyl (C=O) groups excluding carboxylic acids is 4. The van der Waals surface area contributed by atoms with E-state index in [1.807, 2.05) is 24.3 Å². The second-order valence-corrected chi connectivity index (χ2v) is 8.24. The van der Waals surface area contributed by atoms with E-state index in [0.717, 1.165) is 16.0 Å². The standard InChI is InChI=1S/C25H22N4O5/c30-21(27-20-10-4-2-8-18(20)22(31)26-14-17-7-5-13-34-17)15-29-23(32)25(28-24(29)33)12-11-16-6-1-3-9-19(16)25/h1-10,13H,11-12,14-15H2,(H,26,31)(H,27,30)(H,28,33)/t25-/m1/s1. The Morgan fingerprint density at radius 2 is 1.82 bits per heavy atom. The molecule has 0 unspecified atom stereocenters. The van der Waals surface area contributed by atoms with Crippen molar-refractivity contribution in [1.29, 1.82) is 0 Å². The number of nitrogens with zero attached hydrogens (tertiary/aromatic N) is 1. The Bertz CT molecular complexity index is 1290. The van der Waals surface area contributed by atoms with Gasteiger partial charge in [0, 0.05) is 0 Å². The molecular formula is C25H22N4O5. The zero-order chi connectivity index (χ0) is 23.7. The maximum atomic E-state index is 13.3. The third kappa shape index (κ3) is 3.71. The van der Waals surface area contributed by atoms with Crippen molar-refractivity contribution in [3.63, 3.8) is 0 Å². The zero-order valence-electron chi connectivity index (χ0n) is 18.2. The molecule has 1 aliphatic heterocycles. The van der Waals surface area contributed by atoms with Gasteiger partial charge in [-0.3, -0.25) is 19.3 Å². The van der Waals surface area contributed by atoms with Gasteiger partial charge in [0.2, 0.25) is 5.91 Å². The Morgan fingerprint density at radius 1 is 1.03 bits per heavy atom. The predicted octanol–water partition coefficient (Wildman–Crippen LogP) is 2.54. The van der Waals surface area contributed by atoms with Crippen molar-refractivity contribution in [3.8, 4) is 0 Å². The fourth-order valence-corrected chi connectivity index (χ4v) is 4.53. The van der Waals surface area contributed by atoms with Crippen LogP contribution in [-0.4, -0.2) is 35.2 Å². The second kappa shape index (κ2) is 8.51.